The van der Waals surface area contributed by atoms with Gasteiger partial charge in [0.25, 0.3) is 0 Å². The van der Waals surface area contributed by atoms with E-state index in [0.29, 0.717) is 29.2 Å². The Hall–Kier alpha value is -1.75. The number of carboxylic acid groups (broad SMARTS) is 1. The summed E-state index contributed by atoms with van der Waals surface area (Å²) in [5, 5.41) is 12.0. The van der Waals surface area contributed by atoms with Crippen LogP contribution in [0.4, 0.5) is 0 Å². The normalized spacial score (nSPS) is 11.8. The van der Waals surface area contributed by atoms with Gasteiger partial charge in [-0.25, -0.2) is 4.79 Å². The van der Waals surface area contributed by atoms with Crippen molar-refractivity contribution in [1.29, 1.82) is 0 Å². The summed E-state index contributed by atoms with van der Waals surface area (Å²) >= 11 is 5.88. The van der Waals surface area contributed by atoms with E-state index in [1.807, 2.05) is 6.92 Å². The van der Waals surface area contributed by atoms with Crippen molar-refractivity contribution in [2.24, 2.45) is 0 Å². The SMILES string of the molecule is CCCC(NC(=O)Cc1cc(Cl)ccc1OC)C(=O)O. The smallest absolute Gasteiger partial charge is 0.326 e. The fourth-order valence-corrected chi connectivity index (χ4v) is 2.04. The van der Waals surface area contributed by atoms with Gasteiger partial charge in [0.1, 0.15) is 11.8 Å². The Kier molecular flexibility index (Phi) is 6.31. The Labute approximate surface area is 122 Å². The predicted octanol–water partition coefficient (Wildman–Crippen LogP) is 2.26. The number of nitrogens with one attached hydrogen (secondary N) is 1. The van der Waals surface area contributed by atoms with Gasteiger partial charge in [-0.15, -0.1) is 0 Å². The van der Waals surface area contributed by atoms with Gasteiger partial charge >= 0.3 is 5.97 Å². The lowest BCUT2D eigenvalue weighted by Gasteiger charge is -2.14. The molecule has 0 heterocycles. The third-order valence-corrected chi connectivity index (χ3v) is 3.04. The highest BCUT2D eigenvalue weighted by atomic mass is 35.5. The van der Waals surface area contributed by atoms with Crippen LogP contribution in [0.25, 0.3) is 0 Å². The summed E-state index contributed by atoms with van der Waals surface area (Å²) in [7, 11) is 1.50. The molecule has 0 aliphatic rings. The molecule has 0 fully saturated rings. The number of halogens is 1. The Balaban J connectivity index is 2.75. The van der Waals surface area contributed by atoms with Crippen LogP contribution in [0.5, 0.6) is 5.75 Å². The summed E-state index contributed by atoms with van der Waals surface area (Å²) in [5.41, 5.74) is 0.623. The number of hydrogen-bond acceptors (Lipinski definition) is 3. The van der Waals surface area contributed by atoms with E-state index in [0.717, 1.165) is 0 Å². The van der Waals surface area contributed by atoms with Crippen LogP contribution >= 0.6 is 11.6 Å². The highest BCUT2D eigenvalue weighted by Crippen LogP contribution is 2.23. The number of rotatable bonds is 7. The van der Waals surface area contributed by atoms with Crippen molar-refractivity contribution >= 4 is 23.5 Å². The van der Waals surface area contributed by atoms with Gasteiger partial charge in [-0.2, -0.15) is 0 Å². The fourth-order valence-electron chi connectivity index (χ4n) is 1.85. The number of benzene rings is 1. The van der Waals surface area contributed by atoms with E-state index >= 15 is 0 Å². The van der Waals surface area contributed by atoms with Crippen molar-refractivity contribution in [2.75, 3.05) is 7.11 Å². The van der Waals surface area contributed by atoms with Crippen LogP contribution in [0.15, 0.2) is 18.2 Å². The van der Waals surface area contributed by atoms with Gasteiger partial charge in [0.2, 0.25) is 5.91 Å². The Morgan fingerprint density at radius 1 is 1.45 bits per heavy atom. The molecule has 0 spiro atoms. The molecule has 20 heavy (non-hydrogen) atoms. The predicted molar refractivity (Wildman–Crippen MR) is 76.2 cm³/mol. The summed E-state index contributed by atoms with van der Waals surface area (Å²) in [5.74, 6) is -0.850. The number of methoxy groups -OCH3 is 1. The first-order chi connectivity index (χ1) is 9.47. The zero-order valence-electron chi connectivity index (χ0n) is 11.5. The largest absolute Gasteiger partial charge is 0.496 e. The van der Waals surface area contributed by atoms with Gasteiger partial charge in [0.05, 0.1) is 13.5 Å². The lowest BCUT2D eigenvalue weighted by Crippen LogP contribution is -2.41. The molecule has 1 unspecified atom stereocenters. The van der Waals surface area contributed by atoms with Crippen molar-refractivity contribution in [1.82, 2.24) is 5.32 Å². The molecule has 110 valence electrons. The number of amides is 1. The minimum atomic E-state index is -1.03. The maximum atomic E-state index is 11.9. The van der Waals surface area contributed by atoms with Gasteiger partial charge in [-0.3, -0.25) is 4.79 Å². The quantitative estimate of drug-likeness (QED) is 0.810. The molecule has 6 heteroatoms. The monoisotopic (exact) mass is 299 g/mol. The number of carbonyl (C=O) groups excluding carboxylic acids is 1. The number of carboxylic acids is 1. The second kappa shape index (κ2) is 7.75. The molecular formula is C14H18ClNO4. The van der Waals surface area contributed by atoms with Gasteiger partial charge < -0.3 is 15.2 Å². The van der Waals surface area contributed by atoms with Gasteiger partial charge in [0, 0.05) is 10.6 Å². The molecule has 1 aromatic carbocycles. The number of carbonyl (C=O) groups is 2. The molecule has 0 aliphatic heterocycles. The Morgan fingerprint density at radius 3 is 2.70 bits per heavy atom. The van der Waals surface area contributed by atoms with E-state index in [1.54, 1.807) is 18.2 Å². The Bertz CT molecular complexity index is 490. The molecule has 1 amide bonds. The maximum Gasteiger partial charge on any atom is 0.326 e. The molecule has 0 saturated carbocycles. The molecule has 1 aromatic rings. The third kappa shape index (κ3) is 4.74. The molecule has 0 radical (unpaired) electrons. The van der Waals surface area contributed by atoms with Crippen molar-refractivity contribution in [3.05, 3.63) is 28.8 Å². The van der Waals surface area contributed by atoms with E-state index in [9.17, 15) is 9.59 Å². The summed E-state index contributed by atoms with van der Waals surface area (Å²) in [4.78, 5) is 22.9. The van der Waals surface area contributed by atoms with Crippen LogP contribution < -0.4 is 10.1 Å². The molecule has 0 bridgehead atoms. The third-order valence-electron chi connectivity index (χ3n) is 2.80. The lowest BCUT2D eigenvalue weighted by atomic mass is 10.1. The first-order valence-corrected chi connectivity index (χ1v) is 6.70. The zero-order valence-corrected chi connectivity index (χ0v) is 12.2. The maximum absolute atomic E-state index is 11.9. The molecule has 1 rings (SSSR count). The molecule has 0 saturated heterocycles. The molecular weight excluding hydrogens is 282 g/mol. The van der Waals surface area contributed by atoms with E-state index in [2.05, 4.69) is 5.32 Å². The topological polar surface area (TPSA) is 75.6 Å². The van der Waals surface area contributed by atoms with Crippen molar-refractivity contribution in [2.45, 2.75) is 32.2 Å². The van der Waals surface area contributed by atoms with Gasteiger partial charge in [-0.05, 0) is 24.6 Å². The summed E-state index contributed by atoms with van der Waals surface area (Å²) < 4.78 is 5.15. The number of aliphatic carboxylic acids is 1. The van der Waals surface area contributed by atoms with Crippen molar-refractivity contribution < 1.29 is 19.4 Å². The summed E-state index contributed by atoms with van der Waals surface area (Å²) in [6.07, 6.45) is 1.10. The highest BCUT2D eigenvalue weighted by Gasteiger charge is 2.19. The second-order valence-electron chi connectivity index (χ2n) is 4.38. The van der Waals surface area contributed by atoms with E-state index in [4.69, 9.17) is 21.4 Å². The van der Waals surface area contributed by atoms with Gasteiger partial charge in [-0.1, -0.05) is 24.9 Å². The first-order valence-electron chi connectivity index (χ1n) is 6.32. The molecule has 5 nitrogen and oxygen atoms in total. The standard InChI is InChI=1S/C14H18ClNO4/c1-3-4-11(14(18)19)16-13(17)8-9-7-10(15)5-6-12(9)20-2/h5-7,11H,3-4,8H2,1-2H3,(H,16,17)(H,18,19). The molecule has 1 atom stereocenters. The number of hydrogen-bond donors (Lipinski definition) is 2. The minimum absolute atomic E-state index is 0.0250. The summed E-state index contributed by atoms with van der Waals surface area (Å²) in [6.45, 7) is 1.86. The van der Waals surface area contributed by atoms with Crippen molar-refractivity contribution in [3.63, 3.8) is 0 Å². The van der Waals surface area contributed by atoms with Crippen LogP contribution in [0.3, 0.4) is 0 Å². The first kappa shape index (κ1) is 16.3. The highest BCUT2D eigenvalue weighted by molar-refractivity contribution is 6.30. The zero-order chi connectivity index (χ0) is 15.1. The second-order valence-corrected chi connectivity index (χ2v) is 4.82. The molecule has 2 N–H and O–H groups in total. The molecule has 0 aliphatic carbocycles. The van der Waals surface area contributed by atoms with E-state index in [1.165, 1.54) is 7.11 Å². The lowest BCUT2D eigenvalue weighted by molar-refractivity contribution is -0.141. The van der Waals surface area contributed by atoms with Gasteiger partial charge in [0.15, 0.2) is 0 Å². The van der Waals surface area contributed by atoms with Crippen LogP contribution in [0.2, 0.25) is 5.02 Å². The average molecular weight is 300 g/mol. The van der Waals surface area contributed by atoms with Crippen LogP contribution in [0.1, 0.15) is 25.3 Å². The number of ether oxygens (including phenoxy) is 1. The van der Waals surface area contributed by atoms with E-state index < -0.39 is 12.0 Å². The van der Waals surface area contributed by atoms with Crippen LogP contribution in [0, 0.1) is 0 Å². The fraction of sp³-hybridized carbons (Fsp3) is 0.429. The summed E-state index contributed by atoms with van der Waals surface area (Å²) in [6, 6.07) is 4.11. The van der Waals surface area contributed by atoms with Crippen LogP contribution in [-0.2, 0) is 16.0 Å². The van der Waals surface area contributed by atoms with E-state index in [-0.39, 0.29) is 12.3 Å². The average Bonchev–Trinajstić information content (AvgIpc) is 2.38. The van der Waals surface area contributed by atoms with Crippen LogP contribution in [-0.4, -0.2) is 30.1 Å². The minimum Gasteiger partial charge on any atom is -0.496 e. The Morgan fingerprint density at radius 2 is 2.15 bits per heavy atom. The van der Waals surface area contributed by atoms with Crippen molar-refractivity contribution in [3.8, 4) is 5.75 Å². The molecule has 0 aromatic heterocycles.